The smallest absolute Gasteiger partial charge is 0.237 e. The lowest BCUT2D eigenvalue weighted by Gasteiger charge is -2.07. The van der Waals surface area contributed by atoms with E-state index in [0.717, 1.165) is 0 Å². The normalized spacial score (nSPS) is 12.5. The molecule has 0 aliphatic carbocycles. The Morgan fingerprint density at radius 2 is 1.00 bits per heavy atom. The Bertz CT molecular complexity index is 479. The molecule has 2 heteroatoms. The van der Waals surface area contributed by atoms with Crippen LogP contribution in [0.1, 0.15) is 162 Å². The van der Waals surface area contributed by atoms with Gasteiger partial charge in [-0.3, -0.25) is 0 Å². The van der Waals surface area contributed by atoms with Crippen molar-refractivity contribution in [3.05, 3.63) is 18.7 Å². The minimum absolute atomic E-state index is 0.643. The summed E-state index contributed by atoms with van der Waals surface area (Å²) in [6.45, 7) is 8.14. The summed E-state index contributed by atoms with van der Waals surface area (Å²) in [4.78, 5) is 0. The predicted molar refractivity (Wildman–Crippen MR) is 138 cm³/mol. The second-order valence-corrected chi connectivity index (χ2v) is 10.1. The van der Waals surface area contributed by atoms with Crippen LogP contribution < -0.4 is 4.57 Å². The molecular formula is C29H57N2+. The van der Waals surface area contributed by atoms with E-state index < -0.39 is 0 Å². The van der Waals surface area contributed by atoms with Crippen LogP contribution >= 0.6 is 0 Å². The van der Waals surface area contributed by atoms with Gasteiger partial charge < -0.3 is 0 Å². The van der Waals surface area contributed by atoms with E-state index >= 15 is 0 Å². The van der Waals surface area contributed by atoms with Gasteiger partial charge in [-0.25, -0.2) is 9.13 Å². The highest BCUT2D eigenvalue weighted by atomic mass is 15.1. The molecular weight excluding hydrogens is 376 g/mol. The van der Waals surface area contributed by atoms with Crippen molar-refractivity contribution in [1.29, 1.82) is 0 Å². The first-order valence-corrected chi connectivity index (χ1v) is 14.3. The number of imidazole rings is 1. The molecule has 0 spiro atoms. The minimum atomic E-state index is 0.643. The van der Waals surface area contributed by atoms with Crippen LogP contribution in [-0.2, 0) is 6.54 Å². The van der Waals surface area contributed by atoms with Gasteiger partial charge in [-0.2, -0.15) is 0 Å². The van der Waals surface area contributed by atoms with Crippen molar-refractivity contribution in [3.8, 4) is 0 Å². The summed E-state index contributed by atoms with van der Waals surface area (Å²) in [6.07, 6.45) is 36.7. The highest BCUT2D eigenvalue weighted by molar-refractivity contribution is 4.72. The van der Waals surface area contributed by atoms with Gasteiger partial charge in [0.1, 0.15) is 12.4 Å². The Labute approximate surface area is 196 Å². The van der Waals surface area contributed by atoms with E-state index in [1.54, 1.807) is 0 Å². The molecule has 0 bridgehead atoms. The SMILES string of the molecule is CCCCCCCCCCCCCCCCCC[n+]1ccn(C(C)CCCCCC)c1. The third kappa shape index (κ3) is 16.5. The van der Waals surface area contributed by atoms with Gasteiger partial charge in [-0.05, 0) is 32.6 Å². The van der Waals surface area contributed by atoms with Crippen molar-refractivity contribution < 1.29 is 4.57 Å². The van der Waals surface area contributed by atoms with Crippen molar-refractivity contribution in [3.63, 3.8) is 0 Å². The van der Waals surface area contributed by atoms with E-state index in [1.165, 1.54) is 141 Å². The molecule has 0 saturated carbocycles. The Hall–Kier alpha value is -0.790. The lowest BCUT2D eigenvalue weighted by Crippen LogP contribution is -2.31. The highest BCUT2D eigenvalue weighted by Crippen LogP contribution is 2.15. The Balaban J connectivity index is 1.87. The third-order valence-electron chi connectivity index (χ3n) is 6.97. The number of rotatable bonds is 23. The van der Waals surface area contributed by atoms with E-state index in [0.29, 0.717) is 6.04 Å². The van der Waals surface area contributed by atoms with Gasteiger partial charge in [0.15, 0.2) is 0 Å². The molecule has 0 aliphatic rings. The van der Waals surface area contributed by atoms with Gasteiger partial charge in [0.25, 0.3) is 0 Å². The number of aryl methyl sites for hydroxylation is 1. The van der Waals surface area contributed by atoms with Crippen molar-refractivity contribution in [1.82, 2.24) is 4.57 Å². The first-order chi connectivity index (χ1) is 15.3. The van der Waals surface area contributed by atoms with E-state index in [1.807, 2.05) is 0 Å². The molecule has 2 nitrogen and oxygen atoms in total. The van der Waals surface area contributed by atoms with Gasteiger partial charge >= 0.3 is 0 Å². The maximum absolute atomic E-state index is 2.42. The zero-order valence-corrected chi connectivity index (χ0v) is 21.8. The molecule has 0 aromatic carbocycles. The second-order valence-electron chi connectivity index (χ2n) is 10.1. The summed E-state index contributed by atoms with van der Waals surface area (Å²) in [5.41, 5.74) is 0. The molecule has 0 fully saturated rings. The highest BCUT2D eigenvalue weighted by Gasteiger charge is 2.11. The average Bonchev–Trinajstić information content (AvgIpc) is 3.25. The Morgan fingerprint density at radius 1 is 0.581 bits per heavy atom. The summed E-state index contributed by atoms with van der Waals surface area (Å²) in [5, 5.41) is 0. The van der Waals surface area contributed by atoms with Crippen molar-refractivity contribution in [2.45, 2.75) is 168 Å². The molecule has 0 radical (unpaired) electrons. The topological polar surface area (TPSA) is 8.81 Å². The lowest BCUT2D eigenvalue weighted by molar-refractivity contribution is -0.697. The number of aromatic nitrogens is 2. The monoisotopic (exact) mass is 433 g/mol. The van der Waals surface area contributed by atoms with E-state index in [9.17, 15) is 0 Å². The predicted octanol–water partition coefficient (Wildman–Crippen LogP) is 9.57. The maximum Gasteiger partial charge on any atom is 0.243 e. The molecule has 0 saturated heterocycles. The van der Waals surface area contributed by atoms with Crippen molar-refractivity contribution in [2.75, 3.05) is 0 Å². The molecule has 0 N–H and O–H groups in total. The first-order valence-electron chi connectivity index (χ1n) is 14.3. The van der Waals surface area contributed by atoms with Crippen LogP contribution in [0.3, 0.4) is 0 Å². The zero-order chi connectivity index (χ0) is 22.4. The largest absolute Gasteiger partial charge is 0.243 e. The lowest BCUT2D eigenvalue weighted by atomic mass is 10.0. The zero-order valence-electron chi connectivity index (χ0n) is 21.8. The summed E-state index contributed by atoms with van der Waals surface area (Å²) in [7, 11) is 0. The van der Waals surface area contributed by atoms with E-state index in [2.05, 4.69) is 48.6 Å². The van der Waals surface area contributed by atoms with Gasteiger partial charge in [-0.15, -0.1) is 0 Å². The third-order valence-corrected chi connectivity index (χ3v) is 6.97. The molecule has 1 aromatic heterocycles. The quantitative estimate of drug-likeness (QED) is 0.120. The van der Waals surface area contributed by atoms with Gasteiger partial charge in [0.2, 0.25) is 6.33 Å². The van der Waals surface area contributed by atoms with Gasteiger partial charge in [0.05, 0.1) is 12.6 Å². The number of nitrogens with zero attached hydrogens (tertiary/aromatic N) is 2. The summed E-state index contributed by atoms with van der Waals surface area (Å²) in [6, 6.07) is 0.643. The van der Waals surface area contributed by atoms with Gasteiger partial charge in [-0.1, -0.05) is 123 Å². The van der Waals surface area contributed by atoms with Crippen LogP contribution in [0.15, 0.2) is 18.7 Å². The molecule has 31 heavy (non-hydrogen) atoms. The van der Waals surface area contributed by atoms with Crippen molar-refractivity contribution in [2.24, 2.45) is 0 Å². The van der Waals surface area contributed by atoms with Crippen molar-refractivity contribution >= 4 is 0 Å². The molecule has 1 atom stereocenters. The fourth-order valence-electron chi connectivity index (χ4n) is 4.66. The van der Waals surface area contributed by atoms with Crippen LogP contribution in [0.25, 0.3) is 0 Å². The molecule has 0 aliphatic heterocycles. The fourth-order valence-corrected chi connectivity index (χ4v) is 4.66. The average molecular weight is 434 g/mol. The molecule has 1 unspecified atom stereocenters. The molecule has 182 valence electrons. The summed E-state index contributed by atoms with van der Waals surface area (Å²) < 4.78 is 4.81. The number of hydrogen-bond acceptors (Lipinski definition) is 0. The van der Waals surface area contributed by atoms with Crippen LogP contribution in [0.5, 0.6) is 0 Å². The Morgan fingerprint density at radius 3 is 1.48 bits per heavy atom. The fraction of sp³-hybridized carbons (Fsp3) is 0.897. The van der Waals surface area contributed by atoms with E-state index in [-0.39, 0.29) is 0 Å². The Kier molecular flexibility index (Phi) is 19.2. The molecule has 1 aromatic rings. The second kappa shape index (κ2) is 21.1. The summed E-state index contributed by atoms with van der Waals surface area (Å²) in [5.74, 6) is 0. The molecule has 1 rings (SSSR count). The van der Waals surface area contributed by atoms with Gasteiger partial charge in [0, 0.05) is 0 Å². The number of unbranched alkanes of at least 4 members (excludes halogenated alkanes) is 18. The standard InChI is InChI=1S/C29H57N2/c1-4-6-8-10-11-12-13-14-15-16-17-18-19-20-21-23-25-30-26-27-31(28-30)29(3)24-22-9-7-5-2/h26-29H,4-25H2,1-3H3/q+1. The first kappa shape index (κ1) is 28.2. The van der Waals surface area contributed by atoms with Crippen LogP contribution in [0, 0.1) is 0 Å². The van der Waals surface area contributed by atoms with Crippen LogP contribution in [0.2, 0.25) is 0 Å². The number of hydrogen-bond donors (Lipinski definition) is 0. The summed E-state index contributed by atoms with van der Waals surface area (Å²) >= 11 is 0. The molecule has 0 amide bonds. The van der Waals surface area contributed by atoms with Crippen LogP contribution in [0.4, 0.5) is 0 Å². The minimum Gasteiger partial charge on any atom is -0.237 e. The van der Waals surface area contributed by atoms with E-state index in [4.69, 9.17) is 0 Å². The van der Waals surface area contributed by atoms with Crippen LogP contribution in [-0.4, -0.2) is 4.57 Å². The maximum atomic E-state index is 2.42. The molecule has 1 heterocycles.